The Morgan fingerprint density at radius 3 is 1.71 bits per heavy atom. The van der Waals surface area contributed by atoms with Crippen LogP contribution in [-0.4, -0.2) is 9.97 Å². The van der Waals surface area contributed by atoms with E-state index in [2.05, 4.69) is 9.97 Å². The van der Waals surface area contributed by atoms with Crippen molar-refractivity contribution < 1.29 is 26.3 Å². The zero-order valence-electron chi connectivity index (χ0n) is 14.7. The molecule has 0 aliphatic carbocycles. The van der Waals surface area contributed by atoms with Crippen molar-refractivity contribution in [2.75, 3.05) is 11.5 Å². The highest BCUT2D eigenvalue weighted by atomic mass is 19.4. The second-order valence-electron chi connectivity index (χ2n) is 5.53. The van der Waals surface area contributed by atoms with Gasteiger partial charge in [0.25, 0.3) is 0 Å². The van der Waals surface area contributed by atoms with Gasteiger partial charge in [0, 0.05) is 12.2 Å². The lowest BCUT2D eigenvalue weighted by atomic mass is 10.1. The first-order chi connectivity index (χ1) is 12.7. The number of halogens is 6. The standard InChI is InChI=1S/C8H10F3N3.C8H6F3N3/c2*1-4-5(3-12)6(8(9,10)11)2-7(13)14-4/h2H,3,12H2,1H3,(H2,13,14);2H,1H3,(H2,13,14). The number of pyridine rings is 2. The molecule has 0 spiro atoms. The summed E-state index contributed by atoms with van der Waals surface area (Å²) in [5, 5.41) is 8.52. The summed E-state index contributed by atoms with van der Waals surface area (Å²) in [6, 6.07) is 2.92. The molecule has 2 aromatic rings. The maximum Gasteiger partial charge on any atom is 0.417 e. The molecule has 2 aromatic heterocycles. The number of nitrogens with zero attached hydrogens (tertiary/aromatic N) is 3. The molecule has 6 N–H and O–H groups in total. The van der Waals surface area contributed by atoms with Crippen LogP contribution in [0.25, 0.3) is 0 Å². The van der Waals surface area contributed by atoms with Crippen LogP contribution in [0.4, 0.5) is 38.0 Å². The summed E-state index contributed by atoms with van der Waals surface area (Å²) in [4.78, 5) is 7.29. The number of aromatic nitrogens is 2. The smallest absolute Gasteiger partial charge is 0.384 e. The fourth-order valence-corrected chi connectivity index (χ4v) is 2.30. The van der Waals surface area contributed by atoms with Crippen molar-refractivity contribution in [2.45, 2.75) is 32.7 Å². The quantitative estimate of drug-likeness (QED) is 0.624. The van der Waals surface area contributed by atoms with Gasteiger partial charge in [-0.15, -0.1) is 0 Å². The fraction of sp³-hybridized carbons (Fsp3) is 0.312. The molecule has 152 valence electrons. The van der Waals surface area contributed by atoms with E-state index in [0.717, 1.165) is 6.07 Å². The summed E-state index contributed by atoms with van der Waals surface area (Å²) in [5.74, 6) is -0.388. The molecule has 0 amide bonds. The Morgan fingerprint density at radius 1 is 0.893 bits per heavy atom. The Labute approximate surface area is 156 Å². The van der Waals surface area contributed by atoms with E-state index in [1.54, 1.807) is 0 Å². The molecule has 0 aromatic carbocycles. The lowest BCUT2D eigenvalue weighted by Crippen LogP contribution is -2.15. The fourth-order valence-electron chi connectivity index (χ4n) is 2.30. The van der Waals surface area contributed by atoms with Crippen LogP contribution in [0, 0.1) is 25.2 Å². The van der Waals surface area contributed by atoms with Gasteiger partial charge in [0.05, 0.1) is 22.4 Å². The van der Waals surface area contributed by atoms with E-state index in [1.807, 2.05) is 0 Å². The predicted octanol–water partition coefficient (Wildman–Crippen LogP) is 3.31. The summed E-state index contributed by atoms with van der Waals surface area (Å²) < 4.78 is 74.5. The number of alkyl halides is 6. The van der Waals surface area contributed by atoms with Gasteiger partial charge in [0.1, 0.15) is 17.7 Å². The van der Waals surface area contributed by atoms with Crippen LogP contribution in [0.15, 0.2) is 12.1 Å². The number of nitriles is 1. The number of nitrogen functional groups attached to an aromatic ring is 2. The van der Waals surface area contributed by atoms with Crippen LogP contribution in [0.1, 0.15) is 33.6 Å². The van der Waals surface area contributed by atoms with Crippen molar-refractivity contribution in [2.24, 2.45) is 5.73 Å². The summed E-state index contributed by atoms with van der Waals surface area (Å²) in [5.41, 5.74) is 13.5. The number of anilines is 2. The van der Waals surface area contributed by atoms with Crippen LogP contribution in [0.5, 0.6) is 0 Å². The number of nitrogens with two attached hydrogens (primary N) is 3. The number of rotatable bonds is 1. The van der Waals surface area contributed by atoms with Crippen LogP contribution in [0.3, 0.4) is 0 Å². The lowest BCUT2D eigenvalue weighted by Gasteiger charge is -2.13. The zero-order chi connectivity index (χ0) is 21.9. The maximum atomic E-state index is 12.5. The van der Waals surface area contributed by atoms with Gasteiger partial charge in [-0.25, -0.2) is 9.97 Å². The van der Waals surface area contributed by atoms with Gasteiger partial charge in [-0.05, 0) is 31.5 Å². The molecule has 2 heterocycles. The predicted molar refractivity (Wildman–Crippen MR) is 89.4 cm³/mol. The Balaban J connectivity index is 0.000000280. The third-order valence-electron chi connectivity index (χ3n) is 3.50. The van der Waals surface area contributed by atoms with E-state index in [1.165, 1.54) is 19.9 Å². The average Bonchev–Trinajstić information content (AvgIpc) is 2.52. The highest BCUT2D eigenvalue weighted by Gasteiger charge is 2.35. The second kappa shape index (κ2) is 8.30. The number of hydrogen-bond acceptors (Lipinski definition) is 6. The third-order valence-corrected chi connectivity index (χ3v) is 3.50. The molecule has 0 fully saturated rings. The summed E-state index contributed by atoms with van der Waals surface area (Å²) in [6.07, 6.45) is -9.01. The number of hydrogen-bond donors (Lipinski definition) is 3. The molecule has 0 aliphatic heterocycles. The van der Waals surface area contributed by atoms with Crippen molar-refractivity contribution >= 4 is 11.6 Å². The minimum Gasteiger partial charge on any atom is -0.384 e. The normalized spacial score (nSPS) is 11.4. The highest BCUT2D eigenvalue weighted by molar-refractivity contribution is 5.48. The molecular formula is C16H16F6N6. The Morgan fingerprint density at radius 2 is 1.32 bits per heavy atom. The largest absolute Gasteiger partial charge is 0.417 e. The van der Waals surface area contributed by atoms with Gasteiger partial charge in [-0.2, -0.15) is 31.6 Å². The molecule has 28 heavy (non-hydrogen) atoms. The summed E-state index contributed by atoms with van der Waals surface area (Å²) >= 11 is 0. The van der Waals surface area contributed by atoms with E-state index in [-0.39, 0.29) is 35.1 Å². The first kappa shape index (κ1) is 23.0. The van der Waals surface area contributed by atoms with Crippen molar-refractivity contribution in [1.29, 1.82) is 5.26 Å². The van der Waals surface area contributed by atoms with Crippen molar-refractivity contribution in [3.05, 3.63) is 45.8 Å². The molecule has 0 radical (unpaired) electrons. The van der Waals surface area contributed by atoms with E-state index in [4.69, 9.17) is 22.5 Å². The topological polar surface area (TPSA) is 128 Å². The molecule has 0 unspecified atom stereocenters. The molecule has 2 rings (SSSR count). The molecule has 0 saturated heterocycles. The molecule has 0 bridgehead atoms. The minimum absolute atomic E-state index is 0.00769. The van der Waals surface area contributed by atoms with Crippen LogP contribution in [-0.2, 0) is 18.9 Å². The molecule has 12 heteroatoms. The number of aryl methyl sites for hydroxylation is 2. The van der Waals surface area contributed by atoms with Gasteiger partial charge in [-0.3, -0.25) is 0 Å². The van der Waals surface area contributed by atoms with Crippen LogP contribution in [0.2, 0.25) is 0 Å². The van der Waals surface area contributed by atoms with Gasteiger partial charge < -0.3 is 17.2 Å². The molecule has 0 atom stereocenters. The van der Waals surface area contributed by atoms with Crippen molar-refractivity contribution in [1.82, 2.24) is 9.97 Å². The van der Waals surface area contributed by atoms with Crippen LogP contribution < -0.4 is 17.2 Å². The molecular weight excluding hydrogens is 390 g/mol. The lowest BCUT2D eigenvalue weighted by molar-refractivity contribution is -0.138. The van der Waals surface area contributed by atoms with E-state index in [0.29, 0.717) is 6.07 Å². The monoisotopic (exact) mass is 406 g/mol. The minimum atomic E-state index is -4.58. The van der Waals surface area contributed by atoms with Gasteiger partial charge >= 0.3 is 12.4 Å². The van der Waals surface area contributed by atoms with Crippen molar-refractivity contribution in [3.8, 4) is 6.07 Å². The maximum absolute atomic E-state index is 12.5. The van der Waals surface area contributed by atoms with Crippen LogP contribution >= 0.6 is 0 Å². The molecule has 6 nitrogen and oxygen atoms in total. The van der Waals surface area contributed by atoms with E-state index in [9.17, 15) is 26.3 Å². The van der Waals surface area contributed by atoms with Crippen molar-refractivity contribution in [3.63, 3.8) is 0 Å². The molecule has 0 saturated carbocycles. The zero-order valence-corrected chi connectivity index (χ0v) is 14.7. The third kappa shape index (κ3) is 5.46. The second-order valence-corrected chi connectivity index (χ2v) is 5.53. The SMILES string of the molecule is Cc1nc(N)cc(C(F)(F)F)c1C#N.Cc1nc(N)cc(C(F)(F)F)c1CN. The Hall–Kier alpha value is -3.07. The summed E-state index contributed by atoms with van der Waals surface area (Å²) in [6.45, 7) is 2.56. The average molecular weight is 406 g/mol. The van der Waals surface area contributed by atoms with E-state index < -0.39 is 29.0 Å². The molecule has 0 aliphatic rings. The Bertz CT molecular complexity index is 898. The first-order valence-corrected chi connectivity index (χ1v) is 7.50. The highest BCUT2D eigenvalue weighted by Crippen LogP contribution is 2.34. The Kier molecular flexibility index (Phi) is 6.81. The van der Waals surface area contributed by atoms with Gasteiger partial charge in [0.15, 0.2) is 0 Å². The first-order valence-electron chi connectivity index (χ1n) is 7.50. The van der Waals surface area contributed by atoms with Gasteiger partial charge in [-0.1, -0.05) is 0 Å². The van der Waals surface area contributed by atoms with E-state index >= 15 is 0 Å². The van der Waals surface area contributed by atoms with Gasteiger partial charge in [0.2, 0.25) is 0 Å². The summed E-state index contributed by atoms with van der Waals surface area (Å²) in [7, 11) is 0.